The van der Waals surface area contributed by atoms with E-state index >= 15 is 0 Å². The number of likely N-dealkylation sites (N-methyl/N-ethyl adjacent to an activating group) is 1. The topological polar surface area (TPSA) is 155 Å². The van der Waals surface area contributed by atoms with Gasteiger partial charge in [-0.25, -0.2) is 9.48 Å². The summed E-state index contributed by atoms with van der Waals surface area (Å²) < 4.78 is 8.59. The van der Waals surface area contributed by atoms with Gasteiger partial charge in [0.05, 0.1) is 17.4 Å². The van der Waals surface area contributed by atoms with Gasteiger partial charge in [0.15, 0.2) is 5.58 Å². The summed E-state index contributed by atoms with van der Waals surface area (Å²) in [5, 5.41) is 9.93. The minimum atomic E-state index is -0.795. The first-order valence-corrected chi connectivity index (χ1v) is 17.1. The van der Waals surface area contributed by atoms with Crippen molar-refractivity contribution in [2.24, 2.45) is 7.05 Å². The third-order valence-corrected chi connectivity index (χ3v) is 10.5. The van der Waals surface area contributed by atoms with Gasteiger partial charge >= 0.3 is 5.76 Å². The van der Waals surface area contributed by atoms with Gasteiger partial charge in [-0.15, -0.1) is 0 Å². The standard InChI is InChI=1S/C34H37BrN8O6/c1-39-18-22(15-23(19-39)37-25-17-36-40(2)33(47)30(25)35)20-3-5-21(6-4-20)32(46)42-13-11-41(12-14-42)24-7-8-26-28(16-24)49-34(48)43(26)27-9-10-29(44)38-31(27)45/h3-8,16-17,22-23,27,37H,9-15,18-19H2,1-2H3,(H,38,44,45)/t22-,23+,27?/m0/s1. The summed E-state index contributed by atoms with van der Waals surface area (Å²) in [6.07, 6.45) is 2.94. The van der Waals surface area contributed by atoms with E-state index in [-0.39, 0.29) is 42.2 Å². The number of imide groups is 1. The summed E-state index contributed by atoms with van der Waals surface area (Å²) >= 11 is 3.41. The molecule has 3 aliphatic heterocycles. The number of aryl methyl sites for hydroxylation is 1. The van der Waals surface area contributed by atoms with Crippen LogP contribution in [0, 0.1) is 0 Å². The smallest absolute Gasteiger partial charge is 0.408 e. The molecule has 2 N–H and O–H groups in total. The Balaban J connectivity index is 0.970. The number of carbonyl (C=O) groups is 3. The van der Waals surface area contributed by atoms with Crippen molar-refractivity contribution < 1.29 is 18.8 Å². The zero-order valence-corrected chi connectivity index (χ0v) is 28.8. The van der Waals surface area contributed by atoms with E-state index in [2.05, 4.69) is 48.5 Å². The Bertz CT molecular complexity index is 2050. The number of fused-ring (bicyclic) bond motifs is 1. The first-order chi connectivity index (χ1) is 23.5. The van der Waals surface area contributed by atoms with Crippen LogP contribution < -0.4 is 26.8 Å². The Kier molecular flexibility index (Phi) is 8.88. The molecule has 2 aromatic heterocycles. The SMILES string of the molecule is CN1C[C@H](Nc2cnn(C)c(=O)c2Br)C[C@H](c2ccc(C(=O)N3CCN(c4ccc5c(c4)oc(=O)n5C4CCC(=O)NC4=O)CC3)cc2)C1. The summed E-state index contributed by atoms with van der Waals surface area (Å²) in [6, 6.07) is 12.7. The molecule has 3 aliphatic rings. The molecule has 3 atom stereocenters. The van der Waals surface area contributed by atoms with E-state index in [1.54, 1.807) is 25.4 Å². The van der Waals surface area contributed by atoms with Crippen LogP contribution in [0.5, 0.6) is 0 Å². The van der Waals surface area contributed by atoms with E-state index in [4.69, 9.17) is 4.42 Å². The minimum Gasteiger partial charge on any atom is -0.408 e. The molecule has 1 unspecified atom stereocenters. The number of hydrogen-bond donors (Lipinski definition) is 2. The summed E-state index contributed by atoms with van der Waals surface area (Å²) in [4.78, 5) is 68.7. The quantitative estimate of drug-likeness (QED) is 0.282. The zero-order chi connectivity index (χ0) is 34.4. The van der Waals surface area contributed by atoms with Crippen LogP contribution in [0.4, 0.5) is 11.4 Å². The molecule has 2 aromatic carbocycles. The lowest BCUT2D eigenvalue weighted by molar-refractivity contribution is -0.135. The average molecular weight is 734 g/mol. The van der Waals surface area contributed by atoms with Gasteiger partial charge in [0.25, 0.3) is 11.5 Å². The summed E-state index contributed by atoms with van der Waals surface area (Å²) in [5.41, 5.74) is 4.02. The average Bonchev–Trinajstić information content (AvgIpc) is 3.42. The molecular formula is C34H37BrN8O6. The van der Waals surface area contributed by atoms with Crippen LogP contribution in [-0.2, 0) is 16.6 Å². The number of benzene rings is 2. The van der Waals surface area contributed by atoms with Gasteiger partial charge in [0, 0.05) is 76.1 Å². The monoisotopic (exact) mass is 732 g/mol. The molecule has 0 saturated carbocycles. The van der Waals surface area contributed by atoms with Crippen molar-refractivity contribution in [1.29, 1.82) is 0 Å². The molecule has 0 aliphatic carbocycles. The van der Waals surface area contributed by atoms with Crippen LogP contribution in [0.1, 0.15) is 47.1 Å². The molecule has 14 nitrogen and oxygen atoms in total. The van der Waals surface area contributed by atoms with Crippen molar-refractivity contribution in [1.82, 2.24) is 29.5 Å². The van der Waals surface area contributed by atoms with Crippen LogP contribution >= 0.6 is 15.9 Å². The summed E-state index contributed by atoms with van der Waals surface area (Å²) in [5.74, 6) is -1.25. The zero-order valence-electron chi connectivity index (χ0n) is 27.2. The lowest BCUT2D eigenvalue weighted by Gasteiger charge is -2.37. The number of carbonyl (C=O) groups excluding carboxylic acids is 3. The fourth-order valence-electron chi connectivity index (χ4n) is 7.19. The molecule has 0 bridgehead atoms. The van der Waals surface area contributed by atoms with E-state index in [1.165, 1.54) is 9.25 Å². The second-order valence-electron chi connectivity index (χ2n) is 13.1. The summed E-state index contributed by atoms with van der Waals surface area (Å²) in [6.45, 7) is 4.00. The van der Waals surface area contributed by atoms with Gasteiger partial charge in [0.2, 0.25) is 11.8 Å². The summed E-state index contributed by atoms with van der Waals surface area (Å²) in [7, 11) is 3.70. The predicted molar refractivity (Wildman–Crippen MR) is 186 cm³/mol. The number of amides is 3. The number of nitrogens with one attached hydrogen (secondary N) is 2. The van der Waals surface area contributed by atoms with E-state index in [0.717, 1.165) is 30.8 Å². The number of rotatable bonds is 6. The van der Waals surface area contributed by atoms with Gasteiger partial charge < -0.3 is 24.4 Å². The lowest BCUT2D eigenvalue weighted by atomic mass is 9.87. The number of oxazole rings is 1. The highest BCUT2D eigenvalue weighted by molar-refractivity contribution is 9.10. The highest BCUT2D eigenvalue weighted by Crippen LogP contribution is 2.30. The first kappa shape index (κ1) is 32.8. The van der Waals surface area contributed by atoms with Crippen LogP contribution in [-0.4, -0.2) is 94.2 Å². The first-order valence-electron chi connectivity index (χ1n) is 16.4. The largest absolute Gasteiger partial charge is 0.420 e. The minimum absolute atomic E-state index is 0.0164. The van der Waals surface area contributed by atoms with Crippen LogP contribution in [0.2, 0.25) is 0 Å². The Hall–Kier alpha value is -4.76. The normalized spacial score (nSPS) is 22.0. The van der Waals surface area contributed by atoms with E-state index < -0.39 is 17.7 Å². The molecule has 7 rings (SSSR count). The number of piperazine rings is 1. The number of halogens is 1. The molecule has 3 saturated heterocycles. The van der Waals surface area contributed by atoms with Crippen molar-refractivity contribution >= 4 is 56.1 Å². The molecule has 3 amide bonds. The Morgan fingerprint density at radius 3 is 2.49 bits per heavy atom. The Morgan fingerprint density at radius 1 is 1.00 bits per heavy atom. The van der Waals surface area contributed by atoms with Gasteiger partial charge in [-0.1, -0.05) is 12.1 Å². The van der Waals surface area contributed by atoms with Gasteiger partial charge in [-0.2, -0.15) is 5.10 Å². The predicted octanol–water partition coefficient (Wildman–Crippen LogP) is 2.29. The van der Waals surface area contributed by atoms with E-state index in [0.29, 0.717) is 53.0 Å². The molecular weight excluding hydrogens is 696 g/mol. The van der Waals surface area contributed by atoms with Gasteiger partial charge in [-0.3, -0.25) is 29.1 Å². The highest BCUT2D eigenvalue weighted by Gasteiger charge is 2.32. The Morgan fingerprint density at radius 2 is 1.76 bits per heavy atom. The van der Waals surface area contributed by atoms with Crippen molar-refractivity contribution in [3.8, 4) is 0 Å². The molecule has 5 heterocycles. The molecule has 49 heavy (non-hydrogen) atoms. The van der Waals surface area contributed by atoms with Crippen LogP contribution in [0.3, 0.4) is 0 Å². The maximum atomic E-state index is 13.5. The number of hydrogen-bond acceptors (Lipinski definition) is 10. The second kappa shape index (κ2) is 13.3. The van der Waals surface area contributed by atoms with Crippen molar-refractivity contribution in [3.05, 3.63) is 85.2 Å². The third kappa shape index (κ3) is 6.52. The molecule has 256 valence electrons. The molecule has 0 radical (unpaired) electrons. The van der Waals surface area contributed by atoms with Gasteiger partial charge in [0.1, 0.15) is 10.5 Å². The van der Waals surface area contributed by atoms with Crippen LogP contribution in [0.25, 0.3) is 11.1 Å². The number of nitrogens with zero attached hydrogens (tertiary/aromatic N) is 6. The highest BCUT2D eigenvalue weighted by atomic mass is 79.9. The maximum Gasteiger partial charge on any atom is 0.420 e. The van der Waals surface area contributed by atoms with E-state index in [9.17, 15) is 24.0 Å². The lowest BCUT2D eigenvalue weighted by Crippen LogP contribution is -2.48. The maximum absolute atomic E-state index is 13.5. The fourth-order valence-corrected chi connectivity index (χ4v) is 7.66. The fraction of sp³-hybridized carbons (Fsp3) is 0.412. The second-order valence-corrected chi connectivity index (χ2v) is 13.8. The van der Waals surface area contributed by atoms with Crippen molar-refractivity contribution in [2.45, 2.75) is 37.3 Å². The molecule has 15 heteroatoms. The number of piperidine rings is 2. The van der Waals surface area contributed by atoms with Gasteiger partial charge in [-0.05, 0) is 71.6 Å². The number of likely N-dealkylation sites (tertiary alicyclic amines) is 1. The van der Waals surface area contributed by atoms with Crippen LogP contribution in [0.15, 0.2) is 67.1 Å². The number of aromatic nitrogens is 3. The van der Waals surface area contributed by atoms with E-state index in [1.807, 2.05) is 35.2 Å². The third-order valence-electron chi connectivity index (χ3n) is 9.75. The van der Waals surface area contributed by atoms with Crippen molar-refractivity contribution in [2.75, 3.05) is 56.5 Å². The molecule has 4 aromatic rings. The molecule has 0 spiro atoms. The Labute approximate surface area is 289 Å². The van der Waals surface area contributed by atoms with Crippen molar-refractivity contribution in [3.63, 3.8) is 0 Å². The molecule has 3 fully saturated rings. The number of anilines is 2.